The average Bonchev–Trinajstić information content (AvgIpc) is 2.84. The molecule has 1 aliphatic rings. The van der Waals surface area contributed by atoms with E-state index in [1.807, 2.05) is 43.3 Å². The summed E-state index contributed by atoms with van der Waals surface area (Å²) in [6.45, 7) is 0.873. The highest BCUT2D eigenvalue weighted by Gasteiger charge is 2.29. The zero-order valence-electron chi connectivity index (χ0n) is 13.1. The van der Waals surface area contributed by atoms with Crippen LogP contribution in [0.15, 0.2) is 42.5 Å². The predicted octanol–water partition coefficient (Wildman–Crippen LogP) is 1.27. The van der Waals surface area contributed by atoms with Crippen molar-refractivity contribution < 1.29 is 14.7 Å². The van der Waals surface area contributed by atoms with Gasteiger partial charge in [-0.2, -0.15) is 0 Å². The van der Waals surface area contributed by atoms with Gasteiger partial charge in [-0.1, -0.05) is 30.3 Å². The van der Waals surface area contributed by atoms with Crippen LogP contribution in [0.25, 0.3) is 0 Å². The summed E-state index contributed by atoms with van der Waals surface area (Å²) in [5.74, 6) is -1.57. The van der Waals surface area contributed by atoms with E-state index in [0.29, 0.717) is 13.1 Å². The monoisotopic (exact) mass is 309 g/mol. The van der Waals surface area contributed by atoms with Gasteiger partial charge in [0.2, 0.25) is 0 Å². The van der Waals surface area contributed by atoms with E-state index in [4.69, 9.17) is 0 Å². The van der Waals surface area contributed by atoms with E-state index in [-0.39, 0.29) is 17.0 Å². The molecule has 0 aliphatic carbocycles. The molecule has 1 aliphatic heterocycles. The molecule has 2 aromatic carbocycles. The first-order valence-corrected chi connectivity index (χ1v) is 7.36. The van der Waals surface area contributed by atoms with Crippen molar-refractivity contribution in [1.82, 2.24) is 4.90 Å². The second-order valence-corrected chi connectivity index (χ2v) is 5.85. The Hall–Kier alpha value is -2.82. The Morgan fingerprint density at radius 2 is 1.87 bits per heavy atom. The van der Waals surface area contributed by atoms with Gasteiger partial charge in [0.05, 0.1) is 11.5 Å². The summed E-state index contributed by atoms with van der Waals surface area (Å²) in [6.07, 6.45) is 0. The number of fused-ring (bicyclic) bond motifs is 1. The van der Waals surface area contributed by atoms with Gasteiger partial charge in [-0.05, 0) is 23.3 Å². The highest BCUT2D eigenvalue weighted by Crippen LogP contribution is 2.27. The second-order valence-electron chi connectivity index (χ2n) is 5.85. The van der Waals surface area contributed by atoms with Gasteiger partial charge in [-0.3, -0.25) is 4.79 Å². The molecule has 3 rings (SSSR count). The lowest BCUT2D eigenvalue weighted by atomic mass is 10.0. The molecule has 0 fully saturated rings. The average molecular weight is 309 g/mol. The maximum Gasteiger partial charge on any atom is 0.255 e. The molecule has 0 saturated carbocycles. The van der Waals surface area contributed by atoms with E-state index in [1.54, 1.807) is 17.0 Å². The maximum atomic E-state index is 12.5. The summed E-state index contributed by atoms with van der Waals surface area (Å²) >= 11 is 0. The number of benzene rings is 2. The number of anilines is 1. The Labute approximate surface area is 134 Å². The molecule has 0 spiro atoms. The third-order valence-corrected chi connectivity index (χ3v) is 4.06. The normalized spacial score (nSPS) is 13.1. The summed E-state index contributed by atoms with van der Waals surface area (Å²) in [4.78, 5) is 27.4. The lowest BCUT2D eigenvalue weighted by Crippen LogP contribution is -2.27. The van der Waals surface area contributed by atoms with E-state index in [2.05, 4.69) is 0 Å². The minimum absolute atomic E-state index is 0.0297. The Balaban J connectivity index is 1.82. The SMILES string of the molecule is CN(C)c1ccc(CN2Cc3cccc(C(=O)[O-])c3C2=O)cc1. The molecule has 2 aromatic rings. The van der Waals surface area contributed by atoms with Crippen molar-refractivity contribution in [1.29, 1.82) is 0 Å². The molecule has 0 N–H and O–H groups in total. The van der Waals surface area contributed by atoms with E-state index >= 15 is 0 Å². The van der Waals surface area contributed by atoms with Gasteiger partial charge in [0.15, 0.2) is 0 Å². The molecule has 1 amide bonds. The number of carboxylic acid groups (broad SMARTS) is 1. The van der Waals surface area contributed by atoms with Crippen LogP contribution < -0.4 is 10.0 Å². The smallest absolute Gasteiger partial charge is 0.255 e. The van der Waals surface area contributed by atoms with Crippen LogP contribution >= 0.6 is 0 Å². The molecule has 5 nitrogen and oxygen atoms in total. The van der Waals surface area contributed by atoms with Crippen LogP contribution in [0.1, 0.15) is 31.8 Å². The molecule has 0 radical (unpaired) electrons. The largest absolute Gasteiger partial charge is 0.545 e. The number of nitrogens with zero attached hydrogens (tertiary/aromatic N) is 2. The number of carbonyl (C=O) groups is 2. The maximum absolute atomic E-state index is 12.5. The fraction of sp³-hybridized carbons (Fsp3) is 0.222. The molecule has 1 heterocycles. The molecule has 0 unspecified atom stereocenters. The highest BCUT2D eigenvalue weighted by molar-refractivity contribution is 6.07. The molecule has 23 heavy (non-hydrogen) atoms. The van der Waals surface area contributed by atoms with Crippen LogP contribution in [0.3, 0.4) is 0 Å². The predicted molar refractivity (Wildman–Crippen MR) is 85.1 cm³/mol. The minimum Gasteiger partial charge on any atom is -0.545 e. The van der Waals surface area contributed by atoms with Gasteiger partial charge in [0.1, 0.15) is 0 Å². The Morgan fingerprint density at radius 1 is 1.17 bits per heavy atom. The number of carbonyl (C=O) groups excluding carboxylic acids is 2. The van der Waals surface area contributed by atoms with Crippen molar-refractivity contribution in [3.05, 3.63) is 64.7 Å². The van der Waals surface area contributed by atoms with Crippen molar-refractivity contribution in [3.8, 4) is 0 Å². The first-order chi connectivity index (χ1) is 11.0. The van der Waals surface area contributed by atoms with Crippen LogP contribution in [-0.2, 0) is 13.1 Å². The summed E-state index contributed by atoms with van der Waals surface area (Å²) in [7, 11) is 3.94. The van der Waals surface area contributed by atoms with Gasteiger partial charge >= 0.3 is 0 Å². The van der Waals surface area contributed by atoms with Crippen LogP contribution in [-0.4, -0.2) is 30.9 Å². The molecular weight excluding hydrogens is 292 g/mol. The summed E-state index contributed by atoms with van der Waals surface area (Å²) in [5.41, 5.74) is 3.06. The quantitative estimate of drug-likeness (QED) is 0.853. The van der Waals surface area contributed by atoms with Crippen molar-refractivity contribution in [2.45, 2.75) is 13.1 Å². The second kappa shape index (κ2) is 5.76. The Bertz CT molecular complexity index is 766. The van der Waals surface area contributed by atoms with Gasteiger partial charge in [0.25, 0.3) is 5.91 Å². The van der Waals surface area contributed by atoms with Crippen LogP contribution in [0.5, 0.6) is 0 Å². The number of rotatable bonds is 4. The third-order valence-electron chi connectivity index (χ3n) is 4.06. The molecular formula is C18H17N2O3-. The molecule has 118 valence electrons. The number of carboxylic acids is 1. The lowest BCUT2D eigenvalue weighted by Gasteiger charge is -2.17. The zero-order chi connectivity index (χ0) is 16.6. The summed E-state index contributed by atoms with van der Waals surface area (Å²) in [6, 6.07) is 12.8. The van der Waals surface area contributed by atoms with Gasteiger partial charge in [-0.25, -0.2) is 0 Å². The molecule has 0 aromatic heterocycles. The number of hydrogen-bond acceptors (Lipinski definition) is 4. The fourth-order valence-electron chi connectivity index (χ4n) is 2.84. The van der Waals surface area contributed by atoms with E-state index in [0.717, 1.165) is 16.8 Å². The van der Waals surface area contributed by atoms with Crippen molar-refractivity contribution in [2.24, 2.45) is 0 Å². The first kappa shape index (κ1) is 15.1. The minimum atomic E-state index is -1.31. The summed E-state index contributed by atoms with van der Waals surface area (Å²) < 4.78 is 0. The Morgan fingerprint density at radius 3 is 2.48 bits per heavy atom. The zero-order valence-corrected chi connectivity index (χ0v) is 13.1. The highest BCUT2D eigenvalue weighted by atomic mass is 16.4. The van der Waals surface area contributed by atoms with Crippen LogP contribution in [0, 0.1) is 0 Å². The lowest BCUT2D eigenvalue weighted by molar-refractivity contribution is -0.255. The van der Waals surface area contributed by atoms with Crippen molar-refractivity contribution >= 4 is 17.6 Å². The molecule has 0 saturated heterocycles. The van der Waals surface area contributed by atoms with Crippen molar-refractivity contribution in [2.75, 3.05) is 19.0 Å². The van der Waals surface area contributed by atoms with Gasteiger partial charge in [-0.15, -0.1) is 0 Å². The van der Waals surface area contributed by atoms with Crippen molar-refractivity contribution in [3.63, 3.8) is 0 Å². The number of amides is 1. The van der Waals surface area contributed by atoms with E-state index in [1.165, 1.54) is 6.07 Å². The molecule has 0 bridgehead atoms. The van der Waals surface area contributed by atoms with Crippen LogP contribution in [0.4, 0.5) is 5.69 Å². The summed E-state index contributed by atoms with van der Waals surface area (Å²) in [5, 5.41) is 11.2. The topological polar surface area (TPSA) is 63.7 Å². The Kier molecular flexibility index (Phi) is 3.78. The standard InChI is InChI=1S/C18H18N2O3/c1-19(2)14-8-6-12(7-9-14)10-20-11-13-4-3-5-15(18(22)23)16(13)17(20)21/h3-9H,10-11H2,1-2H3,(H,22,23)/p-1. The first-order valence-electron chi connectivity index (χ1n) is 7.36. The third kappa shape index (κ3) is 2.77. The molecule has 0 atom stereocenters. The van der Waals surface area contributed by atoms with E-state index < -0.39 is 5.97 Å². The van der Waals surface area contributed by atoms with Gasteiger partial charge in [0, 0.05) is 38.4 Å². The van der Waals surface area contributed by atoms with E-state index in [9.17, 15) is 14.7 Å². The number of aromatic carboxylic acids is 1. The fourth-order valence-corrected chi connectivity index (χ4v) is 2.84. The van der Waals surface area contributed by atoms with Crippen LogP contribution in [0.2, 0.25) is 0 Å². The number of hydrogen-bond donors (Lipinski definition) is 0. The van der Waals surface area contributed by atoms with Gasteiger partial charge < -0.3 is 19.7 Å². The molecule has 5 heteroatoms.